The number of rotatable bonds is 15. The Morgan fingerprint density at radius 3 is 2.57 bits per heavy atom. The molecule has 2 amide bonds. The van der Waals surface area contributed by atoms with Gasteiger partial charge in [0, 0.05) is 43.3 Å². The van der Waals surface area contributed by atoms with Crippen LogP contribution in [0.25, 0.3) is 21.6 Å². The number of sulfonamides is 1. The van der Waals surface area contributed by atoms with Crippen molar-refractivity contribution >= 4 is 61.5 Å². The summed E-state index contributed by atoms with van der Waals surface area (Å²) < 4.78 is 45.8. The summed E-state index contributed by atoms with van der Waals surface area (Å²) in [6.07, 6.45) is 2.17. The number of nitrogens with one attached hydrogen (secondary N) is 2. The SMILES string of the molecule is C=C[C@@H]1C[C@]1(CC(=O)[C@@H]1C[C@@H](Oc2cc(-c3nc(C(C)C)cs3)nc3c(Cl)c(OCCOC)ccc23)[C@H]2CN[C@H](C(C)(C)C)C(=O)N21)C(=O)NS(=O)(=O)C1CC1. The molecule has 2 saturated carbocycles. The van der Waals surface area contributed by atoms with Crippen LogP contribution < -0.4 is 19.5 Å². The second kappa shape index (κ2) is 15.3. The number of pyridine rings is 1. The number of carbonyl (C=O) groups is 3. The molecule has 16 heteroatoms. The van der Waals surface area contributed by atoms with Gasteiger partial charge in [-0.25, -0.2) is 18.4 Å². The maximum Gasteiger partial charge on any atom is 0.241 e. The van der Waals surface area contributed by atoms with Crippen LogP contribution in [0.4, 0.5) is 0 Å². The summed E-state index contributed by atoms with van der Waals surface area (Å²) in [7, 11) is -2.25. The van der Waals surface area contributed by atoms with Gasteiger partial charge < -0.3 is 24.4 Å². The summed E-state index contributed by atoms with van der Waals surface area (Å²) in [5.41, 5.74) is 0.203. The van der Waals surface area contributed by atoms with Gasteiger partial charge in [-0.2, -0.15) is 0 Å². The molecule has 6 atom stereocenters. The summed E-state index contributed by atoms with van der Waals surface area (Å²) in [6, 6.07) is 3.38. The standard InChI is InChI=1S/C40H50ClN5O8S2/c1-8-22-17-40(22,38(49)45-56(50,51)23-9-10-23)18-29(47)27-16-32(28-19-42-35(39(4,5)6)37(48)46(27)28)54-31-15-25(36-44-26(20-55-36)21(2)3)43-34-24(31)11-12-30(33(34)41)53-14-13-52-7/h8,11-12,15,20-23,27-28,32,35,42H,1,9-10,13-14,16-19H2,2-7H3,(H,45,49)/t22-,27+,28-,32-,35+,40-/m1/s1. The van der Waals surface area contributed by atoms with Crippen molar-refractivity contribution in [3.8, 4) is 22.2 Å². The first-order chi connectivity index (χ1) is 26.5. The molecule has 2 saturated heterocycles. The molecule has 4 heterocycles. The van der Waals surface area contributed by atoms with Gasteiger partial charge in [-0.1, -0.05) is 52.3 Å². The Labute approximate surface area is 337 Å². The molecule has 0 bridgehead atoms. The van der Waals surface area contributed by atoms with Gasteiger partial charge in [0.1, 0.15) is 39.9 Å². The summed E-state index contributed by atoms with van der Waals surface area (Å²) in [5.74, 6) is -0.518. The zero-order valence-corrected chi connectivity index (χ0v) is 35.0. The van der Waals surface area contributed by atoms with Crippen LogP contribution in [0.1, 0.15) is 78.3 Å². The average Bonchev–Trinajstić information content (AvgIpc) is 4.03. The number of methoxy groups -OCH3 is 1. The minimum Gasteiger partial charge on any atom is -0.490 e. The van der Waals surface area contributed by atoms with E-state index in [1.54, 1.807) is 24.2 Å². The molecule has 0 spiro atoms. The highest BCUT2D eigenvalue weighted by atomic mass is 35.5. The number of halogens is 1. The summed E-state index contributed by atoms with van der Waals surface area (Å²) in [4.78, 5) is 54.0. The molecule has 13 nitrogen and oxygen atoms in total. The van der Waals surface area contributed by atoms with Crippen molar-refractivity contribution in [1.82, 2.24) is 24.9 Å². The number of amides is 2. The second-order valence-corrected chi connectivity index (χ2v) is 20.0. The normalized spacial score (nSPS) is 26.3. The first-order valence-electron chi connectivity index (χ1n) is 19.1. The molecular weight excluding hydrogens is 778 g/mol. The molecule has 302 valence electrons. The summed E-state index contributed by atoms with van der Waals surface area (Å²) in [5, 5.41) is 6.42. The highest BCUT2D eigenvalue weighted by molar-refractivity contribution is 7.90. The van der Waals surface area contributed by atoms with Crippen LogP contribution in [0.2, 0.25) is 5.02 Å². The van der Waals surface area contributed by atoms with E-state index in [1.165, 1.54) is 11.3 Å². The lowest BCUT2D eigenvalue weighted by Crippen LogP contribution is -2.66. The first-order valence-corrected chi connectivity index (χ1v) is 21.9. The number of piperazine rings is 1. The fraction of sp³-hybridized carbons (Fsp3) is 0.575. The van der Waals surface area contributed by atoms with Crippen molar-refractivity contribution in [2.24, 2.45) is 16.7 Å². The van der Waals surface area contributed by atoms with Crippen LogP contribution in [0.3, 0.4) is 0 Å². The predicted molar refractivity (Wildman–Crippen MR) is 214 cm³/mol. The van der Waals surface area contributed by atoms with Crippen molar-refractivity contribution < 1.29 is 37.0 Å². The first kappa shape index (κ1) is 40.6. The minimum atomic E-state index is -3.84. The van der Waals surface area contributed by atoms with E-state index >= 15 is 0 Å². The quantitative estimate of drug-likeness (QED) is 0.144. The van der Waals surface area contributed by atoms with Crippen molar-refractivity contribution in [3.05, 3.63) is 47.0 Å². The maximum absolute atomic E-state index is 14.5. The third-order valence-corrected chi connectivity index (χ3v) is 14.5. The Kier molecular flexibility index (Phi) is 11.1. The molecule has 2 aromatic heterocycles. The highest BCUT2D eigenvalue weighted by Crippen LogP contribution is 2.57. The smallest absolute Gasteiger partial charge is 0.241 e. The summed E-state index contributed by atoms with van der Waals surface area (Å²) in [6.45, 7) is 14.9. The number of fused-ring (bicyclic) bond motifs is 2. The third-order valence-electron chi connectivity index (χ3n) is 11.4. The van der Waals surface area contributed by atoms with Crippen LogP contribution in [-0.2, 0) is 29.1 Å². The molecule has 0 unspecified atom stereocenters. The summed E-state index contributed by atoms with van der Waals surface area (Å²) >= 11 is 8.43. The molecule has 2 aliphatic carbocycles. The van der Waals surface area contributed by atoms with Crippen LogP contribution in [-0.4, -0.2) is 97.2 Å². The van der Waals surface area contributed by atoms with E-state index in [0.717, 1.165) is 5.69 Å². The third kappa shape index (κ3) is 7.69. The number of ketones is 1. The predicted octanol–water partition coefficient (Wildman–Crippen LogP) is 5.66. The van der Waals surface area contributed by atoms with E-state index in [9.17, 15) is 22.8 Å². The maximum atomic E-state index is 14.5. The van der Waals surface area contributed by atoms with Gasteiger partial charge in [-0.05, 0) is 48.6 Å². The lowest BCUT2D eigenvalue weighted by atomic mass is 9.84. The van der Waals surface area contributed by atoms with Crippen LogP contribution in [0, 0.1) is 16.7 Å². The monoisotopic (exact) mass is 827 g/mol. The van der Waals surface area contributed by atoms with E-state index in [-0.39, 0.29) is 43.0 Å². The minimum absolute atomic E-state index is 0.157. The zero-order chi connectivity index (χ0) is 40.3. The lowest BCUT2D eigenvalue weighted by Gasteiger charge is -2.43. The van der Waals surface area contributed by atoms with Gasteiger partial charge in [-0.3, -0.25) is 19.1 Å². The van der Waals surface area contributed by atoms with Crippen molar-refractivity contribution in [1.29, 1.82) is 0 Å². The second-order valence-electron chi connectivity index (χ2n) is 16.8. The number of nitrogens with zero attached hydrogens (tertiary/aromatic N) is 3. The Morgan fingerprint density at radius 1 is 1.20 bits per heavy atom. The Hall–Kier alpha value is -3.63. The topological polar surface area (TPSA) is 166 Å². The Bertz CT molecular complexity index is 2170. The number of thiazole rings is 1. The fourth-order valence-electron chi connectivity index (χ4n) is 7.92. The van der Waals surface area contributed by atoms with E-state index in [1.807, 2.05) is 38.3 Å². The van der Waals surface area contributed by atoms with Crippen molar-refractivity contribution in [3.63, 3.8) is 0 Å². The number of allylic oxidation sites excluding steroid dienone is 1. The molecule has 2 aliphatic heterocycles. The number of hydrogen-bond acceptors (Lipinski definition) is 12. The molecule has 0 radical (unpaired) electrons. The number of benzene rings is 1. The number of aromatic nitrogens is 2. The number of hydrogen-bond donors (Lipinski definition) is 2. The molecular formula is C40H50ClN5O8S2. The van der Waals surface area contributed by atoms with Gasteiger partial charge >= 0.3 is 0 Å². The highest BCUT2D eigenvalue weighted by Gasteiger charge is 2.62. The van der Waals surface area contributed by atoms with Crippen molar-refractivity contribution in [2.75, 3.05) is 26.9 Å². The Balaban J connectivity index is 1.24. The number of carbonyl (C=O) groups excluding carboxylic acids is 3. The van der Waals surface area contributed by atoms with E-state index < -0.39 is 56.2 Å². The molecule has 3 aromatic rings. The van der Waals surface area contributed by atoms with Gasteiger partial charge in [0.2, 0.25) is 21.8 Å². The average molecular weight is 828 g/mol. The molecule has 1 aromatic carbocycles. The fourth-order valence-corrected chi connectivity index (χ4v) is 10.5. The van der Waals surface area contributed by atoms with Gasteiger partial charge in [0.15, 0.2) is 5.78 Å². The molecule has 56 heavy (non-hydrogen) atoms. The number of Topliss-reactive ketones (excluding diaryl/α,β-unsaturated/α-hetero) is 1. The molecule has 7 rings (SSSR count). The zero-order valence-electron chi connectivity index (χ0n) is 32.6. The van der Waals surface area contributed by atoms with Crippen molar-refractivity contribution in [2.45, 2.75) is 102 Å². The van der Waals surface area contributed by atoms with E-state index in [0.29, 0.717) is 70.5 Å². The van der Waals surface area contributed by atoms with Gasteiger partial charge in [-0.15, -0.1) is 17.9 Å². The van der Waals surface area contributed by atoms with E-state index in [4.69, 9.17) is 35.8 Å². The lowest BCUT2D eigenvalue weighted by molar-refractivity contribution is -0.147. The Morgan fingerprint density at radius 2 is 1.95 bits per heavy atom. The molecule has 4 aliphatic rings. The van der Waals surface area contributed by atoms with Crippen LogP contribution >= 0.6 is 22.9 Å². The van der Waals surface area contributed by atoms with Crippen LogP contribution in [0.15, 0.2) is 36.2 Å². The largest absolute Gasteiger partial charge is 0.490 e. The van der Waals surface area contributed by atoms with Gasteiger partial charge in [0.25, 0.3) is 0 Å². The van der Waals surface area contributed by atoms with Crippen LogP contribution in [0.5, 0.6) is 11.5 Å². The molecule has 4 fully saturated rings. The molecule has 2 N–H and O–H groups in total. The van der Waals surface area contributed by atoms with E-state index in [2.05, 4.69) is 30.5 Å². The number of ether oxygens (including phenoxy) is 3. The van der Waals surface area contributed by atoms with Gasteiger partial charge in [0.05, 0.1) is 46.6 Å².